The second-order valence-corrected chi connectivity index (χ2v) is 4.92. The van der Waals surface area contributed by atoms with Crippen molar-refractivity contribution in [1.82, 2.24) is 19.7 Å². The highest BCUT2D eigenvalue weighted by Gasteiger charge is 2.13. The number of aromatic nitrogens is 4. The van der Waals surface area contributed by atoms with Crippen molar-refractivity contribution in [2.45, 2.75) is 6.54 Å². The van der Waals surface area contributed by atoms with Crippen LogP contribution >= 0.6 is 12.4 Å². The van der Waals surface area contributed by atoms with Crippen LogP contribution in [0.25, 0.3) is 0 Å². The number of anilines is 3. The molecule has 3 aromatic rings. The number of nitrogens with two attached hydrogens (primary N) is 2. The molecule has 24 heavy (non-hydrogen) atoms. The molecular weight excluding hydrogens is 330 g/mol. The van der Waals surface area contributed by atoms with Gasteiger partial charge in [-0.2, -0.15) is 5.10 Å². The molecule has 1 amide bonds. The Labute approximate surface area is 144 Å². The first-order valence-electron chi connectivity index (χ1n) is 6.86. The van der Waals surface area contributed by atoms with Gasteiger partial charge in [0.05, 0.1) is 18.4 Å². The summed E-state index contributed by atoms with van der Waals surface area (Å²) in [4.78, 5) is 19.9. The van der Waals surface area contributed by atoms with Gasteiger partial charge >= 0.3 is 0 Å². The molecule has 0 radical (unpaired) electrons. The fourth-order valence-electron chi connectivity index (χ4n) is 2.11. The number of carbonyl (C=O) groups excluding carboxylic acids is 1. The van der Waals surface area contributed by atoms with Crippen molar-refractivity contribution >= 4 is 35.5 Å². The number of amides is 1. The van der Waals surface area contributed by atoms with Gasteiger partial charge in [0.1, 0.15) is 0 Å². The number of nitrogen functional groups attached to an aromatic ring is 2. The quantitative estimate of drug-likeness (QED) is 0.616. The highest BCUT2D eigenvalue weighted by atomic mass is 35.5. The number of rotatable bonds is 4. The summed E-state index contributed by atoms with van der Waals surface area (Å²) in [5.74, 6) is -0.351. The molecule has 2 aromatic heterocycles. The summed E-state index contributed by atoms with van der Waals surface area (Å²) in [6.07, 6.45) is 6.11. The molecule has 9 heteroatoms. The predicted molar refractivity (Wildman–Crippen MR) is 93.8 cm³/mol. The Balaban J connectivity index is 0.00000208. The third-order valence-corrected chi connectivity index (χ3v) is 3.13. The van der Waals surface area contributed by atoms with Gasteiger partial charge in [0.15, 0.2) is 11.5 Å². The van der Waals surface area contributed by atoms with Crippen LogP contribution in [0.4, 0.5) is 17.2 Å². The van der Waals surface area contributed by atoms with Crippen LogP contribution in [0.5, 0.6) is 0 Å². The molecule has 0 spiro atoms. The molecule has 0 fully saturated rings. The Hall–Kier alpha value is -3.13. The number of hydrogen-bond acceptors (Lipinski definition) is 6. The van der Waals surface area contributed by atoms with Crippen molar-refractivity contribution in [3.05, 3.63) is 60.3 Å². The summed E-state index contributed by atoms with van der Waals surface area (Å²) >= 11 is 0. The highest BCUT2D eigenvalue weighted by Crippen LogP contribution is 2.12. The van der Waals surface area contributed by atoms with Gasteiger partial charge in [-0.3, -0.25) is 9.48 Å². The maximum Gasteiger partial charge on any atom is 0.278 e. The Morgan fingerprint density at radius 1 is 1.21 bits per heavy atom. The first-order valence-corrected chi connectivity index (χ1v) is 6.86. The van der Waals surface area contributed by atoms with Crippen LogP contribution in [0.2, 0.25) is 0 Å². The van der Waals surface area contributed by atoms with Crippen molar-refractivity contribution in [3.63, 3.8) is 0 Å². The summed E-state index contributed by atoms with van der Waals surface area (Å²) in [5, 5.41) is 6.89. The Bertz CT molecular complexity index is 849. The van der Waals surface area contributed by atoms with Gasteiger partial charge in [-0.25, -0.2) is 9.97 Å². The second-order valence-electron chi connectivity index (χ2n) is 4.92. The minimum absolute atomic E-state index is 0. The molecule has 2 heterocycles. The van der Waals surface area contributed by atoms with Gasteiger partial charge in [-0.1, -0.05) is 12.1 Å². The lowest BCUT2D eigenvalue weighted by Crippen LogP contribution is -2.16. The Morgan fingerprint density at radius 3 is 2.75 bits per heavy atom. The van der Waals surface area contributed by atoms with E-state index in [-0.39, 0.29) is 23.9 Å². The third kappa shape index (κ3) is 3.99. The van der Waals surface area contributed by atoms with Crippen LogP contribution in [-0.2, 0) is 6.54 Å². The summed E-state index contributed by atoms with van der Waals surface area (Å²) in [6, 6.07) is 7.54. The van der Waals surface area contributed by atoms with Gasteiger partial charge in [0, 0.05) is 24.3 Å². The third-order valence-electron chi connectivity index (χ3n) is 3.13. The van der Waals surface area contributed by atoms with E-state index in [9.17, 15) is 4.79 Å². The maximum atomic E-state index is 12.1. The molecule has 0 aliphatic rings. The largest absolute Gasteiger partial charge is 0.399 e. The average molecular weight is 346 g/mol. The van der Waals surface area contributed by atoms with Gasteiger partial charge < -0.3 is 16.8 Å². The zero-order valence-electron chi connectivity index (χ0n) is 12.6. The first-order chi connectivity index (χ1) is 11.1. The van der Waals surface area contributed by atoms with E-state index in [4.69, 9.17) is 11.5 Å². The summed E-state index contributed by atoms with van der Waals surface area (Å²) in [5.41, 5.74) is 13.7. The lowest BCUT2D eigenvalue weighted by Gasteiger charge is -2.04. The molecule has 0 aliphatic carbocycles. The number of benzene rings is 1. The van der Waals surface area contributed by atoms with Crippen LogP contribution in [-0.4, -0.2) is 25.7 Å². The van der Waals surface area contributed by atoms with Crippen LogP contribution < -0.4 is 16.8 Å². The smallest absolute Gasteiger partial charge is 0.278 e. The van der Waals surface area contributed by atoms with Gasteiger partial charge in [0.25, 0.3) is 5.91 Å². The van der Waals surface area contributed by atoms with Crippen LogP contribution in [0, 0.1) is 0 Å². The second kappa shape index (κ2) is 7.42. The van der Waals surface area contributed by atoms with E-state index in [0.717, 1.165) is 5.56 Å². The molecule has 0 saturated heterocycles. The minimum atomic E-state index is -0.431. The van der Waals surface area contributed by atoms with Crippen LogP contribution in [0.15, 0.2) is 49.1 Å². The highest BCUT2D eigenvalue weighted by molar-refractivity contribution is 6.05. The predicted octanol–water partition coefficient (Wildman–Crippen LogP) is 1.56. The average Bonchev–Trinajstić information content (AvgIpc) is 2.94. The number of halogens is 1. The Kier molecular flexibility index (Phi) is 5.33. The fourth-order valence-corrected chi connectivity index (χ4v) is 2.11. The van der Waals surface area contributed by atoms with Crippen molar-refractivity contribution in [3.8, 4) is 0 Å². The summed E-state index contributed by atoms with van der Waals surface area (Å²) in [7, 11) is 0. The number of nitrogens with zero attached hydrogens (tertiary/aromatic N) is 4. The molecule has 3 rings (SSSR count). The topological polar surface area (TPSA) is 125 Å². The lowest BCUT2D eigenvalue weighted by molar-refractivity contribution is 0.102. The molecule has 0 aliphatic heterocycles. The maximum absolute atomic E-state index is 12.1. The first kappa shape index (κ1) is 17.2. The minimum Gasteiger partial charge on any atom is -0.399 e. The van der Waals surface area contributed by atoms with Crippen LogP contribution in [0.3, 0.4) is 0 Å². The molecule has 5 N–H and O–H groups in total. The van der Waals surface area contributed by atoms with Crippen molar-refractivity contribution < 1.29 is 4.79 Å². The zero-order valence-corrected chi connectivity index (χ0v) is 13.4. The van der Waals surface area contributed by atoms with Gasteiger partial charge in [-0.05, 0) is 17.7 Å². The molecule has 0 unspecified atom stereocenters. The van der Waals surface area contributed by atoms with Crippen LogP contribution in [0.1, 0.15) is 16.1 Å². The molecule has 124 valence electrons. The number of carbonyl (C=O) groups is 1. The van der Waals surface area contributed by atoms with Gasteiger partial charge in [-0.15, -0.1) is 12.4 Å². The van der Waals surface area contributed by atoms with Crippen molar-refractivity contribution in [2.24, 2.45) is 0 Å². The zero-order chi connectivity index (χ0) is 16.2. The fraction of sp³-hybridized carbons (Fsp3) is 0.0667. The molecule has 0 saturated carbocycles. The van der Waals surface area contributed by atoms with E-state index < -0.39 is 5.91 Å². The molecular formula is C15H16ClN7O. The molecule has 0 bridgehead atoms. The monoisotopic (exact) mass is 345 g/mol. The van der Waals surface area contributed by atoms with E-state index in [1.807, 2.05) is 24.3 Å². The van der Waals surface area contributed by atoms with Gasteiger partial charge in [0.2, 0.25) is 0 Å². The van der Waals surface area contributed by atoms with Crippen molar-refractivity contribution in [2.75, 3.05) is 16.8 Å². The number of hydrogen-bond donors (Lipinski definition) is 3. The standard InChI is InChI=1S/C15H15N7O.ClH/c16-11-3-1-2-10(6-11)8-22-9-12(7-20-22)21-15(23)13-14(17)19-5-4-18-13;/h1-7,9H,8,16H2,(H2,17,19)(H,21,23);1H. The Morgan fingerprint density at radius 2 is 2.00 bits per heavy atom. The summed E-state index contributed by atoms with van der Waals surface area (Å²) in [6.45, 7) is 0.550. The molecule has 1 aromatic carbocycles. The molecule has 8 nitrogen and oxygen atoms in total. The molecule has 0 atom stereocenters. The van der Waals surface area contributed by atoms with E-state index in [0.29, 0.717) is 17.9 Å². The SMILES string of the molecule is Cl.Nc1cccc(Cn2cc(NC(=O)c3nccnc3N)cn2)c1. The van der Waals surface area contributed by atoms with E-state index in [1.165, 1.54) is 12.4 Å². The lowest BCUT2D eigenvalue weighted by atomic mass is 10.2. The normalized spacial score (nSPS) is 10.0. The van der Waals surface area contributed by atoms with E-state index >= 15 is 0 Å². The van der Waals surface area contributed by atoms with E-state index in [2.05, 4.69) is 20.4 Å². The summed E-state index contributed by atoms with van der Waals surface area (Å²) < 4.78 is 1.70. The van der Waals surface area contributed by atoms with Crippen molar-refractivity contribution in [1.29, 1.82) is 0 Å². The van der Waals surface area contributed by atoms with E-state index in [1.54, 1.807) is 17.1 Å². The number of nitrogens with one attached hydrogen (secondary N) is 1.